The summed E-state index contributed by atoms with van der Waals surface area (Å²) in [5, 5.41) is 0. The Morgan fingerprint density at radius 3 is 1.52 bits per heavy atom. The molecule has 0 aliphatic heterocycles. The van der Waals surface area contributed by atoms with Gasteiger partial charge < -0.3 is 4.74 Å². The first kappa shape index (κ1) is 24.7. The molecule has 1 saturated carbocycles. The van der Waals surface area contributed by atoms with Crippen molar-refractivity contribution in [3.05, 3.63) is 11.6 Å². The summed E-state index contributed by atoms with van der Waals surface area (Å²) < 4.78 is 5.78. The molecule has 0 N–H and O–H groups in total. The van der Waals surface area contributed by atoms with Crippen LogP contribution in [0.4, 0.5) is 0 Å². The van der Waals surface area contributed by atoms with E-state index in [4.69, 9.17) is 4.74 Å². The third kappa shape index (κ3) is 17.5. The molecular formula is C26H50O. The molecule has 0 aromatic heterocycles. The second-order valence-corrected chi connectivity index (χ2v) is 8.80. The summed E-state index contributed by atoms with van der Waals surface area (Å²) in [6, 6.07) is 0. The van der Waals surface area contributed by atoms with Gasteiger partial charge in [-0.25, -0.2) is 0 Å². The van der Waals surface area contributed by atoms with E-state index in [0.717, 1.165) is 13.2 Å². The summed E-state index contributed by atoms with van der Waals surface area (Å²) >= 11 is 0. The van der Waals surface area contributed by atoms with Gasteiger partial charge in [-0.05, 0) is 32.1 Å². The summed E-state index contributed by atoms with van der Waals surface area (Å²) in [7, 11) is 0. The predicted octanol–water partition coefficient (Wildman–Crippen LogP) is 9.16. The Hall–Kier alpha value is -0.300. The van der Waals surface area contributed by atoms with E-state index >= 15 is 0 Å². The van der Waals surface area contributed by atoms with E-state index in [1.807, 2.05) is 0 Å². The minimum Gasteiger partial charge on any atom is -0.377 e. The van der Waals surface area contributed by atoms with Gasteiger partial charge in [0.1, 0.15) is 0 Å². The van der Waals surface area contributed by atoms with Crippen LogP contribution in [-0.4, -0.2) is 13.2 Å². The number of allylic oxidation sites excluding steroid dienone is 1. The molecule has 0 radical (unpaired) electrons. The van der Waals surface area contributed by atoms with Crippen LogP contribution >= 0.6 is 0 Å². The molecule has 0 aromatic rings. The number of unbranched alkanes of at least 4 members (excludes halogenated alkanes) is 15. The first-order valence-electron chi connectivity index (χ1n) is 12.7. The highest BCUT2D eigenvalue weighted by atomic mass is 16.5. The standard InChI is InChI=1S/C26H50O/c1-2-3-4-5-6-7-8-9-10-11-12-13-14-15-16-20-24-27-25-23-26-21-18-17-19-22-26/h23H,2-22,24-25H2,1H3. The molecule has 1 fully saturated rings. The maximum absolute atomic E-state index is 5.78. The van der Waals surface area contributed by atoms with E-state index in [1.165, 1.54) is 135 Å². The Bertz CT molecular complexity index is 312. The molecule has 1 rings (SSSR count). The lowest BCUT2D eigenvalue weighted by Gasteiger charge is -2.13. The van der Waals surface area contributed by atoms with Gasteiger partial charge in [0.25, 0.3) is 0 Å². The van der Waals surface area contributed by atoms with Crippen LogP contribution in [0.3, 0.4) is 0 Å². The van der Waals surface area contributed by atoms with Crippen molar-refractivity contribution in [1.82, 2.24) is 0 Å². The fraction of sp³-hybridized carbons (Fsp3) is 0.923. The van der Waals surface area contributed by atoms with Crippen LogP contribution in [0.2, 0.25) is 0 Å². The highest BCUT2D eigenvalue weighted by Crippen LogP contribution is 2.22. The van der Waals surface area contributed by atoms with Crippen LogP contribution in [0, 0.1) is 0 Å². The molecular weight excluding hydrogens is 328 g/mol. The van der Waals surface area contributed by atoms with Crippen molar-refractivity contribution < 1.29 is 4.74 Å². The lowest BCUT2D eigenvalue weighted by Crippen LogP contribution is -1.98. The molecule has 27 heavy (non-hydrogen) atoms. The first-order chi connectivity index (χ1) is 13.4. The summed E-state index contributed by atoms with van der Waals surface area (Å²) in [5.74, 6) is 0. The molecule has 1 nitrogen and oxygen atoms in total. The minimum atomic E-state index is 0.855. The van der Waals surface area contributed by atoms with Crippen LogP contribution in [0.25, 0.3) is 0 Å². The Kier molecular flexibility index (Phi) is 18.7. The zero-order chi connectivity index (χ0) is 19.3. The lowest BCUT2D eigenvalue weighted by molar-refractivity contribution is 0.156. The highest BCUT2D eigenvalue weighted by molar-refractivity contribution is 5.04. The SMILES string of the molecule is CCCCCCCCCCCCCCCCCCOCC=C1CCCCC1. The number of hydrogen-bond donors (Lipinski definition) is 0. The van der Waals surface area contributed by atoms with Gasteiger partial charge in [-0.3, -0.25) is 0 Å². The van der Waals surface area contributed by atoms with E-state index < -0.39 is 0 Å². The normalized spacial score (nSPS) is 14.6. The number of ether oxygens (including phenoxy) is 1. The van der Waals surface area contributed by atoms with Crippen LogP contribution in [0.1, 0.15) is 142 Å². The van der Waals surface area contributed by atoms with Gasteiger partial charge in [0.05, 0.1) is 6.61 Å². The average molecular weight is 379 g/mol. The zero-order valence-corrected chi connectivity index (χ0v) is 18.7. The fourth-order valence-corrected chi connectivity index (χ4v) is 4.22. The quantitative estimate of drug-likeness (QED) is 0.161. The second kappa shape index (κ2) is 20.4. The van der Waals surface area contributed by atoms with Gasteiger partial charge in [0.15, 0.2) is 0 Å². The van der Waals surface area contributed by atoms with Gasteiger partial charge in [-0.2, -0.15) is 0 Å². The average Bonchev–Trinajstić information content (AvgIpc) is 2.70. The van der Waals surface area contributed by atoms with E-state index in [0.29, 0.717) is 0 Å². The van der Waals surface area contributed by atoms with Crippen LogP contribution in [0.15, 0.2) is 11.6 Å². The Morgan fingerprint density at radius 2 is 1.04 bits per heavy atom. The first-order valence-corrected chi connectivity index (χ1v) is 12.7. The molecule has 160 valence electrons. The monoisotopic (exact) mass is 378 g/mol. The highest BCUT2D eigenvalue weighted by Gasteiger charge is 2.04. The fourth-order valence-electron chi connectivity index (χ4n) is 4.22. The van der Waals surface area contributed by atoms with Gasteiger partial charge in [-0.1, -0.05) is 121 Å². The van der Waals surface area contributed by atoms with Crippen molar-refractivity contribution >= 4 is 0 Å². The largest absolute Gasteiger partial charge is 0.377 e. The smallest absolute Gasteiger partial charge is 0.0650 e. The van der Waals surface area contributed by atoms with Crippen LogP contribution < -0.4 is 0 Å². The maximum atomic E-state index is 5.78. The lowest BCUT2D eigenvalue weighted by atomic mass is 9.95. The second-order valence-electron chi connectivity index (χ2n) is 8.80. The molecule has 0 bridgehead atoms. The Balaban J connectivity index is 1.67. The molecule has 0 saturated heterocycles. The molecule has 0 amide bonds. The van der Waals surface area contributed by atoms with E-state index in [2.05, 4.69) is 13.0 Å². The van der Waals surface area contributed by atoms with Gasteiger partial charge in [-0.15, -0.1) is 0 Å². The Morgan fingerprint density at radius 1 is 0.593 bits per heavy atom. The number of rotatable bonds is 19. The van der Waals surface area contributed by atoms with Gasteiger partial charge >= 0.3 is 0 Å². The van der Waals surface area contributed by atoms with Gasteiger partial charge in [0.2, 0.25) is 0 Å². The van der Waals surface area contributed by atoms with E-state index in [1.54, 1.807) is 5.57 Å². The molecule has 1 aliphatic carbocycles. The summed E-state index contributed by atoms with van der Waals surface area (Å²) in [6.07, 6.45) is 32.1. The van der Waals surface area contributed by atoms with Crippen molar-refractivity contribution in [1.29, 1.82) is 0 Å². The predicted molar refractivity (Wildman–Crippen MR) is 122 cm³/mol. The molecule has 0 atom stereocenters. The molecule has 0 aromatic carbocycles. The molecule has 0 heterocycles. The summed E-state index contributed by atoms with van der Waals surface area (Å²) in [6.45, 7) is 4.11. The van der Waals surface area contributed by atoms with Crippen molar-refractivity contribution in [3.63, 3.8) is 0 Å². The van der Waals surface area contributed by atoms with Crippen molar-refractivity contribution in [2.75, 3.05) is 13.2 Å². The van der Waals surface area contributed by atoms with Crippen LogP contribution in [-0.2, 0) is 4.74 Å². The number of hydrogen-bond acceptors (Lipinski definition) is 1. The summed E-state index contributed by atoms with van der Waals surface area (Å²) in [4.78, 5) is 0. The third-order valence-electron chi connectivity index (χ3n) is 6.13. The van der Waals surface area contributed by atoms with Crippen LogP contribution in [0.5, 0.6) is 0 Å². The molecule has 1 heteroatoms. The van der Waals surface area contributed by atoms with Gasteiger partial charge in [0, 0.05) is 6.61 Å². The van der Waals surface area contributed by atoms with Crippen molar-refractivity contribution in [2.24, 2.45) is 0 Å². The topological polar surface area (TPSA) is 9.23 Å². The summed E-state index contributed by atoms with van der Waals surface area (Å²) in [5.41, 5.74) is 1.65. The Labute approximate surface area is 171 Å². The van der Waals surface area contributed by atoms with Crippen molar-refractivity contribution in [2.45, 2.75) is 142 Å². The third-order valence-corrected chi connectivity index (χ3v) is 6.13. The molecule has 1 aliphatic rings. The van der Waals surface area contributed by atoms with E-state index in [-0.39, 0.29) is 0 Å². The van der Waals surface area contributed by atoms with E-state index in [9.17, 15) is 0 Å². The van der Waals surface area contributed by atoms with Crippen molar-refractivity contribution in [3.8, 4) is 0 Å². The zero-order valence-electron chi connectivity index (χ0n) is 18.7. The molecule has 0 unspecified atom stereocenters. The molecule has 0 spiro atoms. The maximum Gasteiger partial charge on any atom is 0.0650 e. The minimum absolute atomic E-state index is 0.855.